The van der Waals surface area contributed by atoms with Crippen LogP contribution in [0.25, 0.3) is 0 Å². The van der Waals surface area contributed by atoms with Crippen LogP contribution in [0.3, 0.4) is 0 Å². The summed E-state index contributed by atoms with van der Waals surface area (Å²) in [6.45, 7) is -0.724. The Hall–Kier alpha value is -0.960. The SMILES string of the molecule is O=S(=O)(NCC(O)CO)c1cn[nH]c1. The summed E-state index contributed by atoms with van der Waals surface area (Å²) in [6, 6.07) is 0. The van der Waals surface area contributed by atoms with E-state index in [9.17, 15) is 8.42 Å². The molecule has 0 aliphatic heterocycles. The zero-order valence-corrected chi connectivity index (χ0v) is 8.03. The normalized spacial score (nSPS) is 14.1. The molecule has 0 radical (unpaired) electrons. The maximum Gasteiger partial charge on any atom is 0.243 e. The molecule has 80 valence electrons. The molecule has 7 nitrogen and oxygen atoms in total. The third-order valence-corrected chi connectivity index (χ3v) is 2.89. The third-order valence-electron chi connectivity index (χ3n) is 1.50. The Kier molecular flexibility index (Phi) is 3.58. The largest absolute Gasteiger partial charge is 0.394 e. The van der Waals surface area contributed by atoms with Gasteiger partial charge in [-0.15, -0.1) is 0 Å². The topological polar surface area (TPSA) is 115 Å². The fourth-order valence-corrected chi connectivity index (χ4v) is 1.72. The number of H-pyrrole nitrogens is 1. The van der Waals surface area contributed by atoms with Gasteiger partial charge in [-0.3, -0.25) is 5.10 Å². The van der Waals surface area contributed by atoms with Crippen LogP contribution >= 0.6 is 0 Å². The lowest BCUT2D eigenvalue weighted by molar-refractivity contribution is 0.0988. The van der Waals surface area contributed by atoms with Gasteiger partial charge in [-0.25, -0.2) is 13.1 Å². The molecule has 0 fully saturated rings. The highest BCUT2D eigenvalue weighted by molar-refractivity contribution is 7.89. The van der Waals surface area contributed by atoms with Crippen molar-refractivity contribution in [1.82, 2.24) is 14.9 Å². The first-order chi connectivity index (χ1) is 6.56. The molecule has 8 heteroatoms. The summed E-state index contributed by atoms with van der Waals surface area (Å²) < 4.78 is 24.8. The van der Waals surface area contributed by atoms with E-state index < -0.39 is 22.7 Å². The lowest BCUT2D eigenvalue weighted by Crippen LogP contribution is -2.33. The quantitative estimate of drug-likeness (QED) is 0.461. The van der Waals surface area contributed by atoms with E-state index in [0.717, 1.165) is 6.20 Å². The molecule has 0 aliphatic rings. The number of aliphatic hydroxyl groups excluding tert-OH is 2. The summed E-state index contributed by atoms with van der Waals surface area (Å²) in [7, 11) is -3.64. The Morgan fingerprint density at radius 3 is 2.86 bits per heavy atom. The van der Waals surface area contributed by atoms with E-state index in [4.69, 9.17) is 10.2 Å². The molecule has 1 unspecified atom stereocenters. The van der Waals surface area contributed by atoms with Crippen molar-refractivity contribution >= 4 is 10.0 Å². The van der Waals surface area contributed by atoms with Crippen LogP contribution in [-0.4, -0.2) is 48.1 Å². The summed E-state index contributed by atoms with van der Waals surface area (Å²) >= 11 is 0. The molecule has 14 heavy (non-hydrogen) atoms. The van der Waals surface area contributed by atoms with Crippen molar-refractivity contribution in [2.75, 3.05) is 13.2 Å². The molecule has 1 aromatic rings. The van der Waals surface area contributed by atoms with Crippen LogP contribution < -0.4 is 4.72 Å². The molecule has 0 aliphatic carbocycles. The highest BCUT2D eigenvalue weighted by atomic mass is 32.2. The molecule has 4 N–H and O–H groups in total. The Bertz CT molecular complexity index is 360. The van der Waals surface area contributed by atoms with Crippen LogP contribution in [0.1, 0.15) is 0 Å². The summed E-state index contributed by atoms with van der Waals surface area (Å²) in [5, 5.41) is 23.2. The molecule has 0 spiro atoms. The minimum atomic E-state index is -3.64. The summed E-state index contributed by atoms with van der Waals surface area (Å²) in [6.07, 6.45) is 1.26. The van der Waals surface area contributed by atoms with Crippen LogP contribution in [0, 0.1) is 0 Å². The van der Waals surface area contributed by atoms with E-state index in [2.05, 4.69) is 14.9 Å². The predicted molar refractivity (Wildman–Crippen MR) is 46.9 cm³/mol. The Balaban J connectivity index is 2.60. The molecule has 1 atom stereocenters. The summed E-state index contributed by atoms with van der Waals surface area (Å²) in [4.78, 5) is -0.0114. The van der Waals surface area contributed by atoms with Gasteiger partial charge in [0, 0.05) is 12.7 Å². The van der Waals surface area contributed by atoms with E-state index in [1.54, 1.807) is 0 Å². The van der Waals surface area contributed by atoms with Gasteiger partial charge in [0.1, 0.15) is 4.90 Å². The first kappa shape index (κ1) is 11.1. The molecule has 1 aromatic heterocycles. The summed E-state index contributed by atoms with van der Waals surface area (Å²) in [5.41, 5.74) is 0. The zero-order chi connectivity index (χ0) is 10.6. The van der Waals surface area contributed by atoms with Crippen molar-refractivity contribution in [1.29, 1.82) is 0 Å². The van der Waals surface area contributed by atoms with Gasteiger partial charge in [-0.05, 0) is 0 Å². The van der Waals surface area contributed by atoms with Gasteiger partial charge in [0.25, 0.3) is 0 Å². The van der Waals surface area contributed by atoms with Crippen molar-refractivity contribution in [3.63, 3.8) is 0 Å². The second-order valence-electron chi connectivity index (χ2n) is 2.62. The Labute approximate surface area is 80.8 Å². The molecular formula is C6H11N3O4S. The van der Waals surface area contributed by atoms with Crippen molar-refractivity contribution in [3.05, 3.63) is 12.4 Å². The average molecular weight is 221 g/mol. The number of nitrogens with one attached hydrogen (secondary N) is 2. The van der Waals surface area contributed by atoms with Gasteiger partial charge in [-0.2, -0.15) is 5.10 Å². The van der Waals surface area contributed by atoms with Gasteiger partial charge in [0.2, 0.25) is 10.0 Å². The molecule has 0 amide bonds. The molecule has 0 saturated heterocycles. The maximum atomic E-state index is 11.3. The second kappa shape index (κ2) is 4.51. The van der Waals surface area contributed by atoms with Crippen molar-refractivity contribution in [3.8, 4) is 0 Å². The van der Waals surface area contributed by atoms with Crippen molar-refractivity contribution in [2.24, 2.45) is 0 Å². The van der Waals surface area contributed by atoms with Crippen LogP contribution in [0.4, 0.5) is 0 Å². The minimum absolute atomic E-state index is 0.0114. The van der Waals surface area contributed by atoms with E-state index in [0.29, 0.717) is 0 Å². The summed E-state index contributed by atoms with van der Waals surface area (Å²) in [5.74, 6) is 0. The van der Waals surface area contributed by atoms with Gasteiger partial charge < -0.3 is 10.2 Å². The smallest absolute Gasteiger partial charge is 0.243 e. The first-order valence-corrected chi connectivity index (χ1v) is 5.32. The van der Waals surface area contributed by atoms with E-state index in [1.165, 1.54) is 6.20 Å². The van der Waals surface area contributed by atoms with Crippen molar-refractivity contribution in [2.45, 2.75) is 11.0 Å². The highest BCUT2D eigenvalue weighted by Crippen LogP contribution is 2.03. The minimum Gasteiger partial charge on any atom is -0.394 e. The van der Waals surface area contributed by atoms with Gasteiger partial charge in [0.15, 0.2) is 0 Å². The predicted octanol–water partition coefficient (Wildman–Crippen LogP) is -1.96. The second-order valence-corrected chi connectivity index (χ2v) is 4.39. The fourth-order valence-electron chi connectivity index (χ4n) is 0.740. The molecule has 1 heterocycles. The van der Waals surface area contributed by atoms with Gasteiger partial charge in [-0.1, -0.05) is 0 Å². The van der Waals surface area contributed by atoms with Crippen molar-refractivity contribution < 1.29 is 18.6 Å². The third kappa shape index (κ3) is 2.77. The van der Waals surface area contributed by atoms with Crippen LogP contribution in [0.5, 0.6) is 0 Å². The van der Waals surface area contributed by atoms with E-state index in [-0.39, 0.29) is 11.4 Å². The maximum absolute atomic E-state index is 11.3. The zero-order valence-electron chi connectivity index (χ0n) is 7.21. The number of aliphatic hydroxyl groups is 2. The Morgan fingerprint density at radius 1 is 1.64 bits per heavy atom. The lowest BCUT2D eigenvalue weighted by atomic mass is 10.4. The lowest BCUT2D eigenvalue weighted by Gasteiger charge is -2.07. The van der Waals surface area contributed by atoms with Crippen LogP contribution in [0.15, 0.2) is 17.3 Å². The Morgan fingerprint density at radius 2 is 2.36 bits per heavy atom. The van der Waals surface area contributed by atoms with E-state index in [1.807, 2.05) is 0 Å². The highest BCUT2D eigenvalue weighted by Gasteiger charge is 2.15. The average Bonchev–Trinajstić information content (AvgIpc) is 2.67. The molecular weight excluding hydrogens is 210 g/mol. The van der Waals surface area contributed by atoms with Gasteiger partial charge in [0.05, 0.1) is 18.9 Å². The molecule has 0 saturated carbocycles. The molecule has 0 aromatic carbocycles. The standard InChI is InChI=1S/C6H11N3O4S/c10-4-5(11)1-9-14(12,13)6-2-7-8-3-6/h2-3,5,9-11H,1,4H2,(H,7,8). The number of hydrogen-bond donors (Lipinski definition) is 4. The fraction of sp³-hybridized carbons (Fsp3) is 0.500. The number of nitrogens with zero attached hydrogens (tertiary/aromatic N) is 1. The first-order valence-electron chi connectivity index (χ1n) is 3.83. The van der Waals surface area contributed by atoms with Gasteiger partial charge >= 0.3 is 0 Å². The van der Waals surface area contributed by atoms with Crippen LogP contribution in [0.2, 0.25) is 0 Å². The number of sulfonamides is 1. The number of aromatic amines is 1. The monoisotopic (exact) mass is 221 g/mol. The number of hydrogen-bond acceptors (Lipinski definition) is 5. The number of rotatable bonds is 5. The van der Waals surface area contributed by atoms with E-state index >= 15 is 0 Å². The molecule has 1 rings (SSSR count). The number of aromatic nitrogens is 2. The molecule has 0 bridgehead atoms. The van der Waals surface area contributed by atoms with Crippen LogP contribution in [-0.2, 0) is 10.0 Å².